The van der Waals surface area contributed by atoms with Crippen LogP contribution in [0.15, 0.2) is 99.7 Å². The zero-order valence-corrected chi connectivity index (χ0v) is 70.6. The summed E-state index contributed by atoms with van der Waals surface area (Å²) in [6.45, 7) is 6.71. The predicted molar refractivity (Wildman–Crippen MR) is 430 cm³/mol. The number of alkyl halides is 6. The number of fused-ring (bicyclic) bond motifs is 6. The molecule has 57 heteroatoms. The number of H-pyrrole nitrogens is 3. The highest BCUT2D eigenvalue weighted by molar-refractivity contribution is 8.77. The van der Waals surface area contributed by atoms with Crippen LogP contribution in [0, 0.1) is 0 Å². The Hall–Kier alpha value is -7.94. The number of hydrogen-bond acceptors (Lipinski definition) is 40. The van der Waals surface area contributed by atoms with Crippen molar-refractivity contribution in [1.82, 2.24) is 63.7 Å². The van der Waals surface area contributed by atoms with Gasteiger partial charge in [-0.1, -0.05) is 64.4 Å². The summed E-state index contributed by atoms with van der Waals surface area (Å²) in [6.07, 6.45) is -12.2. The molecular weight excluding hydrogens is 1810 g/mol. The van der Waals surface area contributed by atoms with E-state index in [9.17, 15) is 123 Å². The number of aliphatic hydroxyl groups excluding tert-OH is 7. The molecule has 0 saturated carbocycles. The first-order chi connectivity index (χ1) is 57.3. The summed E-state index contributed by atoms with van der Waals surface area (Å²) < 4.78 is 147. The van der Waals surface area contributed by atoms with Crippen LogP contribution in [0.1, 0.15) is 86.0 Å². The molecule has 13 N–H and O–H groups in total. The molecule has 5 aromatic heterocycles. The first-order valence-electron chi connectivity index (χ1n) is 35.9. The number of carbonyl (C=O) groups excluding carboxylic acids is 5. The standard InChI is InChI=1S/C13H16F3N3O6S2.C13H21N3O4S2.C12H14N2O5.C9H12N2O5S.C9H10N2O5.C5H8F3NO3S2.C4H6O3.CH4/c14-13(15,16)11(23)17-2-4-26-27-9-8(22)6(5-20)25-10(9)19-3-1-7(21)18-12(19)24;1-3-8-10(18)11(22-21-7-5-14-2)12(20-8)16-6-4-9(17)15-13(16)19;1-3-7-9(17-6(2)15)10-11(18-7)14-5-4-8(16)13-12(14)19-10;12-3-4-6(14)7(17)8(16-4)11-2-1-5(13)10-9(11)15;12-3-4-6(14)7-8(15-4)11-2-1-5(13)10-9(11)16-7;1-14(11,12)13-3-2-9-4(10)5(6,7)8;1-3(5)7-4(2)6;/h1,3,6,8-10,20,22H,2,4-5H2,(H,17,23)(H,18,21,24);4,6,8,10-12,14,18H,3,5,7H2,1-2H3,(H,15,17,19);4-5,7,9-11H,3H2,1-2H3;1-2,4,6-8,12,14,17H,3H2,(H,10,13,15);1-2,4,6-8,12,14H,3H2;2-3H2,1H3,(H,9,10);1-2H3;1H4/t6-,8?,9+,10-;8-,10?,11+,12-;7-,9?,10-,11-;4-,6?,7+,8-;4-,6?,7-,8-;;;/m11111.../s1. The van der Waals surface area contributed by atoms with Crippen molar-refractivity contribution >= 4 is 105 Å². The number of carbonyl (C=O) groups is 5. The molecule has 5 saturated heterocycles. The largest absolute Gasteiger partial charge is 0.471 e. The van der Waals surface area contributed by atoms with Crippen molar-refractivity contribution in [3.8, 4) is 12.0 Å². The van der Waals surface area contributed by atoms with Gasteiger partial charge in [0.25, 0.3) is 27.8 Å². The highest BCUT2D eigenvalue weighted by Gasteiger charge is 2.54. The second kappa shape index (κ2) is 48.7. The minimum Gasteiger partial charge on any atom is -0.456 e. The lowest BCUT2D eigenvalue weighted by atomic mass is 10.1. The number of aromatic nitrogens is 10. The van der Waals surface area contributed by atoms with Crippen molar-refractivity contribution in [3.05, 3.63) is 145 Å². The van der Waals surface area contributed by atoms with Crippen LogP contribution < -0.4 is 70.3 Å². The van der Waals surface area contributed by atoms with Crippen molar-refractivity contribution in [2.45, 2.75) is 187 Å². The second-order valence-corrected chi connectivity index (χ2v) is 36.3. The maximum atomic E-state index is 12.1. The topological polar surface area (TPSA) is 615 Å². The third kappa shape index (κ3) is 30.4. The molecule has 0 spiro atoms. The van der Waals surface area contributed by atoms with Gasteiger partial charge in [-0.05, 0) is 30.7 Å². The molecule has 5 fully saturated rings. The summed E-state index contributed by atoms with van der Waals surface area (Å²) in [5, 5.41) is 72.0. The molecule has 2 amide bonds. The highest BCUT2D eigenvalue weighted by atomic mass is 33.1. The molecule has 7 aliphatic heterocycles. The van der Waals surface area contributed by atoms with Gasteiger partial charge in [-0.2, -0.15) is 48.9 Å². The van der Waals surface area contributed by atoms with Crippen LogP contribution in [0.25, 0.3) is 0 Å². The number of aromatic amines is 3. The lowest BCUT2D eigenvalue weighted by Crippen LogP contribution is -2.38. The molecular formula is C66H91F6N13O31S7. The quantitative estimate of drug-likeness (QED) is 0.00777. The Kier molecular flexibility index (Phi) is 41.8. The van der Waals surface area contributed by atoms with E-state index in [4.69, 9.17) is 48.1 Å². The van der Waals surface area contributed by atoms with Gasteiger partial charge in [-0.25, -0.2) is 22.8 Å². The second-order valence-electron chi connectivity index (χ2n) is 25.8. The van der Waals surface area contributed by atoms with Crippen LogP contribution in [-0.4, -0.2) is 293 Å². The molecule has 0 bridgehead atoms. The number of rotatable bonds is 23. The highest BCUT2D eigenvalue weighted by Crippen LogP contribution is 2.45. The van der Waals surface area contributed by atoms with Crippen LogP contribution in [0.3, 0.4) is 0 Å². The maximum absolute atomic E-state index is 12.1. The average molecular weight is 1900 g/mol. The molecule has 7 aliphatic rings. The number of amides is 2. The van der Waals surface area contributed by atoms with E-state index >= 15 is 0 Å². The summed E-state index contributed by atoms with van der Waals surface area (Å²) in [5.74, 6) is -4.75. The van der Waals surface area contributed by atoms with Crippen molar-refractivity contribution in [2.24, 2.45) is 0 Å². The molecule has 5 unspecified atom stereocenters. The first-order valence-corrected chi connectivity index (χ1v) is 44.6. The minimum absolute atomic E-state index is 0. The van der Waals surface area contributed by atoms with Gasteiger partial charge < -0.3 is 94.3 Å². The van der Waals surface area contributed by atoms with Crippen LogP contribution in [0.4, 0.5) is 26.3 Å². The summed E-state index contributed by atoms with van der Waals surface area (Å²) in [6, 6.07) is 6.52. The number of nitrogens with zero attached hydrogens (tertiary/aromatic N) is 7. The lowest BCUT2D eigenvalue weighted by molar-refractivity contribution is -0.173. The monoisotopic (exact) mass is 1900 g/mol. The van der Waals surface area contributed by atoms with E-state index in [1.165, 1.54) is 89.8 Å². The van der Waals surface area contributed by atoms with Gasteiger partial charge in [0.1, 0.15) is 30.5 Å². The van der Waals surface area contributed by atoms with Crippen molar-refractivity contribution in [3.63, 3.8) is 0 Å². The zero-order chi connectivity index (χ0) is 91.0. The fraction of sp³-hybridized carbons (Fsp3) is 0.621. The molecule has 44 nitrogen and oxygen atoms in total. The molecule has 690 valence electrons. The first kappa shape index (κ1) is 106. The molecule has 0 aliphatic carbocycles. The molecule has 123 heavy (non-hydrogen) atoms. The van der Waals surface area contributed by atoms with E-state index in [2.05, 4.69) is 42.6 Å². The van der Waals surface area contributed by atoms with Gasteiger partial charge in [0, 0.05) is 125 Å². The van der Waals surface area contributed by atoms with E-state index in [1.54, 1.807) is 32.2 Å². The Balaban J connectivity index is 0.000000260. The summed E-state index contributed by atoms with van der Waals surface area (Å²) in [5.41, 5.74) is -4.29. The fourth-order valence-corrected chi connectivity index (χ4v) is 18.9. The molecule has 5 aromatic rings. The number of nitrogens with one attached hydrogen (secondary N) is 6. The average Bonchev–Trinajstić information content (AvgIpc) is 1.60. The van der Waals surface area contributed by atoms with Crippen LogP contribution in [0.2, 0.25) is 0 Å². The van der Waals surface area contributed by atoms with Gasteiger partial charge in [0.15, 0.2) is 58.3 Å². The Morgan fingerprint density at radius 2 is 0.886 bits per heavy atom. The summed E-state index contributed by atoms with van der Waals surface area (Å²) >= 11 is 4.14. The van der Waals surface area contributed by atoms with Gasteiger partial charge in [0.05, 0.1) is 60.0 Å². The smallest absolute Gasteiger partial charge is 0.456 e. The van der Waals surface area contributed by atoms with Gasteiger partial charge >= 0.3 is 71.2 Å². The minimum atomic E-state index is -4.96. The summed E-state index contributed by atoms with van der Waals surface area (Å²) in [7, 11) is 4.31. The Labute approximate surface area is 716 Å². The van der Waals surface area contributed by atoms with Crippen LogP contribution in [-0.2, 0) is 66.0 Å². The van der Waals surface area contributed by atoms with E-state index in [0.717, 1.165) is 55.3 Å². The number of aliphatic hydroxyl groups is 7. The lowest BCUT2D eigenvalue weighted by Gasteiger charge is -2.20. The molecule has 0 aromatic carbocycles. The number of thiol groups is 1. The number of hydrogen-bond donors (Lipinski definition) is 14. The molecule has 12 rings (SSSR count). The van der Waals surface area contributed by atoms with Crippen LogP contribution in [0.5, 0.6) is 12.0 Å². The third-order valence-electron chi connectivity index (χ3n) is 17.0. The van der Waals surface area contributed by atoms with E-state index in [1.807, 2.05) is 25.9 Å². The van der Waals surface area contributed by atoms with E-state index in [-0.39, 0.29) is 86.2 Å². The zero-order valence-electron chi connectivity index (χ0n) is 64.8. The number of halogens is 6. The van der Waals surface area contributed by atoms with Crippen molar-refractivity contribution in [1.29, 1.82) is 0 Å². The van der Waals surface area contributed by atoms with Gasteiger partial charge in [0.2, 0.25) is 0 Å². The van der Waals surface area contributed by atoms with E-state index in [0.29, 0.717) is 23.6 Å². The molecule has 0 radical (unpaired) electrons. The Morgan fingerprint density at radius 3 is 1.28 bits per heavy atom. The van der Waals surface area contributed by atoms with Gasteiger partial charge in [-0.15, -0.1) is 0 Å². The van der Waals surface area contributed by atoms with Gasteiger partial charge in [-0.3, -0.25) is 85.7 Å². The predicted octanol–water partition coefficient (Wildman–Crippen LogP) is -2.94. The Morgan fingerprint density at radius 1 is 0.520 bits per heavy atom. The Bertz CT molecular complexity index is 4940. The molecule has 12 heterocycles. The van der Waals surface area contributed by atoms with E-state index < -0.39 is 194 Å². The fourth-order valence-electron chi connectivity index (χ4n) is 11.5. The van der Waals surface area contributed by atoms with Crippen molar-refractivity contribution < 1.29 is 137 Å². The number of esters is 3. The normalized spacial score (nSPS) is 26.5. The molecule has 20 atom stereocenters. The SMILES string of the molecule is C.CC(=O)OC(C)=O.CC[C@H]1O[C@@H](n2ccc(=O)[nH]c2=O)[C@@H](SSCCNC)C1O.CC[C@H]1O[C@@H]2[C@H](Oc3nc(=O)ccn32)C1OC(C)=O.CS(=O)(=O)SCCNC(=O)C(F)(F)F.O=C(NCCSS[C@H]1C(O)[C@@H](CO)O[C@H]1n1ccc(=O)[nH]c1=O)C(F)(F)F.O=c1ccn([C@@H]2O[C@H](CO)C(O)[C@@H]2S)c(=O)[nH]1.O=c1ccn2c(n1)O[C@@H]1C(O)[C@@H](CO)O[C@H]12. The third-order valence-corrected chi connectivity index (χ3v) is 25.8. The van der Waals surface area contributed by atoms with Crippen molar-refractivity contribution in [2.75, 3.05) is 70.0 Å². The maximum Gasteiger partial charge on any atom is 0.471 e. The summed E-state index contributed by atoms with van der Waals surface area (Å²) in [4.78, 5) is 156. The number of ether oxygens (including phenoxy) is 9. The van der Waals surface area contributed by atoms with Crippen LogP contribution >= 0.6 is 66.6 Å².